The normalized spacial score (nSPS) is 26.2. The molecule has 1 atom stereocenters. The molecule has 2 aliphatic heterocycles. The van der Waals surface area contributed by atoms with Crippen LogP contribution in [0.4, 0.5) is 5.69 Å². The van der Waals surface area contributed by atoms with Crippen molar-refractivity contribution >= 4 is 15.9 Å². The van der Waals surface area contributed by atoms with E-state index in [-0.39, 0.29) is 5.75 Å². The topological polar surface area (TPSA) is 72.9 Å². The first-order valence-corrected chi connectivity index (χ1v) is 8.25. The number of aromatic hydroxyl groups is 1. The summed E-state index contributed by atoms with van der Waals surface area (Å²) in [5, 5.41) is 13.1. The molecule has 1 unspecified atom stereocenters. The summed E-state index contributed by atoms with van der Waals surface area (Å²) < 4.78 is 27.9. The SMILES string of the molecule is O=S1(=O)N(CC2CCNC2)CCN1c1ccccc1O. The van der Waals surface area contributed by atoms with Gasteiger partial charge in [0.25, 0.3) is 0 Å². The fourth-order valence-corrected chi connectivity index (χ4v) is 4.54. The molecule has 2 N–H and O–H groups in total. The average Bonchev–Trinajstić information content (AvgIpc) is 3.01. The summed E-state index contributed by atoms with van der Waals surface area (Å²) in [6.07, 6.45) is 1.02. The summed E-state index contributed by atoms with van der Waals surface area (Å²) in [6, 6.07) is 6.56. The molecular formula is C13H19N3O3S. The third-order valence-electron chi connectivity index (χ3n) is 3.93. The summed E-state index contributed by atoms with van der Waals surface area (Å²) in [5.41, 5.74) is 0.361. The molecule has 3 rings (SSSR count). The smallest absolute Gasteiger partial charge is 0.304 e. The van der Waals surface area contributed by atoms with E-state index in [0.29, 0.717) is 31.2 Å². The van der Waals surface area contributed by atoms with Gasteiger partial charge >= 0.3 is 10.2 Å². The molecule has 6 nitrogen and oxygen atoms in total. The molecule has 2 aliphatic rings. The number of phenolic OH excluding ortho intramolecular Hbond substituents is 1. The van der Waals surface area contributed by atoms with Crippen LogP contribution in [0.15, 0.2) is 24.3 Å². The number of phenols is 1. The molecule has 2 heterocycles. The van der Waals surface area contributed by atoms with Gasteiger partial charge in [-0.1, -0.05) is 12.1 Å². The van der Waals surface area contributed by atoms with Crippen LogP contribution in [0.3, 0.4) is 0 Å². The largest absolute Gasteiger partial charge is 0.506 e. The zero-order valence-electron chi connectivity index (χ0n) is 11.2. The second kappa shape index (κ2) is 5.23. The van der Waals surface area contributed by atoms with Gasteiger partial charge in [-0.25, -0.2) is 0 Å². The maximum atomic E-state index is 12.6. The van der Waals surface area contributed by atoms with E-state index in [1.807, 2.05) is 0 Å². The van der Waals surface area contributed by atoms with Gasteiger partial charge < -0.3 is 10.4 Å². The number of rotatable bonds is 3. The molecule has 1 aromatic rings. The Labute approximate surface area is 119 Å². The molecule has 2 fully saturated rings. The summed E-state index contributed by atoms with van der Waals surface area (Å²) in [4.78, 5) is 0. The number of nitrogens with one attached hydrogen (secondary N) is 1. The van der Waals surface area contributed by atoms with Crippen molar-refractivity contribution in [3.63, 3.8) is 0 Å². The van der Waals surface area contributed by atoms with Gasteiger partial charge in [0.15, 0.2) is 0 Å². The Morgan fingerprint density at radius 1 is 1.30 bits per heavy atom. The van der Waals surface area contributed by atoms with Crippen LogP contribution < -0.4 is 9.62 Å². The van der Waals surface area contributed by atoms with Crippen LogP contribution in [0.25, 0.3) is 0 Å². The molecule has 0 aromatic heterocycles. The standard InChI is InChI=1S/C13H19N3O3S/c17-13-4-2-1-3-12(13)16-8-7-15(20(16,18)19)10-11-5-6-14-9-11/h1-4,11,14,17H,5-10H2. The van der Waals surface area contributed by atoms with Gasteiger partial charge in [-0.3, -0.25) is 4.31 Å². The van der Waals surface area contributed by atoms with Crippen LogP contribution in [0.2, 0.25) is 0 Å². The van der Waals surface area contributed by atoms with E-state index < -0.39 is 10.2 Å². The third-order valence-corrected chi connectivity index (χ3v) is 5.85. The first-order valence-electron chi connectivity index (χ1n) is 6.85. The first kappa shape index (κ1) is 13.7. The quantitative estimate of drug-likeness (QED) is 0.845. The monoisotopic (exact) mass is 297 g/mol. The molecule has 20 heavy (non-hydrogen) atoms. The Kier molecular flexibility index (Phi) is 3.57. The number of nitrogens with zero attached hydrogens (tertiary/aromatic N) is 2. The fourth-order valence-electron chi connectivity index (χ4n) is 2.84. The number of benzene rings is 1. The van der Waals surface area contributed by atoms with Crippen molar-refractivity contribution in [2.24, 2.45) is 5.92 Å². The molecule has 0 radical (unpaired) electrons. The molecular weight excluding hydrogens is 278 g/mol. The van der Waals surface area contributed by atoms with Crippen molar-refractivity contribution in [2.75, 3.05) is 37.0 Å². The van der Waals surface area contributed by atoms with Crippen LogP contribution >= 0.6 is 0 Å². The van der Waals surface area contributed by atoms with Gasteiger partial charge in [-0.2, -0.15) is 12.7 Å². The first-order chi connectivity index (χ1) is 9.59. The van der Waals surface area contributed by atoms with Gasteiger partial charge in [-0.05, 0) is 37.6 Å². The van der Waals surface area contributed by atoms with Gasteiger partial charge in [0, 0.05) is 19.6 Å². The fraction of sp³-hybridized carbons (Fsp3) is 0.538. The number of hydrogen-bond donors (Lipinski definition) is 2. The zero-order valence-corrected chi connectivity index (χ0v) is 12.0. The van der Waals surface area contributed by atoms with E-state index in [2.05, 4.69) is 5.32 Å². The highest BCUT2D eigenvalue weighted by Crippen LogP contribution is 2.32. The maximum absolute atomic E-state index is 12.6. The summed E-state index contributed by atoms with van der Waals surface area (Å²) in [5.74, 6) is 0.384. The minimum Gasteiger partial charge on any atom is -0.506 e. The lowest BCUT2D eigenvalue weighted by Crippen LogP contribution is -2.36. The van der Waals surface area contributed by atoms with Crippen molar-refractivity contribution in [2.45, 2.75) is 6.42 Å². The van der Waals surface area contributed by atoms with Crippen LogP contribution in [0, 0.1) is 5.92 Å². The lowest BCUT2D eigenvalue weighted by atomic mass is 10.1. The molecule has 0 amide bonds. The molecule has 2 saturated heterocycles. The Hall–Kier alpha value is -1.31. The van der Waals surface area contributed by atoms with E-state index >= 15 is 0 Å². The molecule has 1 aromatic carbocycles. The number of para-hydroxylation sites is 2. The van der Waals surface area contributed by atoms with Crippen LogP contribution in [-0.4, -0.2) is 50.6 Å². The second-order valence-electron chi connectivity index (χ2n) is 5.29. The van der Waals surface area contributed by atoms with Gasteiger partial charge in [0.1, 0.15) is 5.75 Å². The van der Waals surface area contributed by atoms with E-state index in [1.54, 1.807) is 18.2 Å². The van der Waals surface area contributed by atoms with E-state index in [4.69, 9.17) is 0 Å². The lowest BCUT2D eigenvalue weighted by molar-refractivity contribution is 0.381. The van der Waals surface area contributed by atoms with Crippen molar-refractivity contribution in [3.05, 3.63) is 24.3 Å². The maximum Gasteiger partial charge on any atom is 0.304 e. The van der Waals surface area contributed by atoms with Crippen molar-refractivity contribution in [3.8, 4) is 5.75 Å². The Bertz CT molecular complexity index is 584. The third kappa shape index (κ3) is 2.36. The van der Waals surface area contributed by atoms with Gasteiger partial charge in [0.2, 0.25) is 0 Å². The molecule has 0 spiro atoms. The highest BCUT2D eigenvalue weighted by Gasteiger charge is 2.38. The minimum absolute atomic E-state index is 0.000424. The zero-order chi connectivity index (χ0) is 14.2. The van der Waals surface area contributed by atoms with Crippen LogP contribution in [0.5, 0.6) is 5.75 Å². The Morgan fingerprint density at radius 3 is 2.80 bits per heavy atom. The summed E-state index contributed by atoms with van der Waals surface area (Å²) in [6.45, 7) is 3.26. The Balaban J connectivity index is 1.80. The average molecular weight is 297 g/mol. The molecule has 110 valence electrons. The van der Waals surface area contributed by atoms with Crippen molar-refractivity contribution < 1.29 is 13.5 Å². The van der Waals surface area contributed by atoms with Crippen molar-refractivity contribution in [1.82, 2.24) is 9.62 Å². The van der Waals surface area contributed by atoms with E-state index in [9.17, 15) is 13.5 Å². The predicted octanol–water partition coefficient (Wildman–Crippen LogP) is 0.369. The summed E-state index contributed by atoms with van der Waals surface area (Å²) >= 11 is 0. The molecule has 0 bridgehead atoms. The predicted molar refractivity (Wildman–Crippen MR) is 76.9 cm³/mol. The Morgan fingerprint density at radius 2 is 2.10 bits per heavy atom. The van der Waals surface area contributed by atoms with Crippen molar-refractivity contribution in [1.29, 1.82) is 0 Å². The number of anilines is 1. The lowest BCUT2D eigenvalue weighted by Gasteiger charge is -2.22. The molecule has 7 heteroatoms. The molecule has 0 saturated carbocycles. The van der Waals surface area contributed by atoms with Crippen LogP contribution in [0.1, 0.15) is 6.42 Å². The number of hydrogen-bond acceptors (Lipinski definition) is 4. The highest BCUT2D eigenvalue weighted by molar-refractivity contribution is 7.90. The van der Waals surface area contributed by atoms with Crippen LogP contribution in [-0.2, 0) is 10.2 Å². The second-order valence-corrected chi connectivity index (χ2v) is 7.14. The minimum atomic E-state index is -3.51. The van der Waals surface area contributed by atoms with E-state index in [1.165, 1.54) is 14.7 Å². The van der Waals surface area contributed by atoms with Gasteiger partial charge in [-0.15, -0.1) is 0 Å². The van der Waals surface area contributed by atoms with E-state index in [0.717, 1.165) is 19.5 Å². The molecule has 0 aliphatic carbocycles. The summed E-state index contributed by atoms with van der Waals surface area (Å²) in [7, 11) is -3.51. The van der Waals surface area contributed by atoms with Gasteiger partial charge in [0.05, 0.1) is 5.69 Å². The highest BCUT2D eigenvalue weighted by atomic mass is 32.2.